The summed E-state index contributed by atoms with van der Waals surface area (Å²) in [6.07, 6.45) is 4.37. The summed E-state index contributed by atoms with van der Waals surface area (Å²) in [6, 6.07) is 21.5. The van der Waals surface area contributed by atoms with Crippen molar-refractivity contribution >= 4 is 39.1 Å². The van der Waals surface area contributed by atoms with Crippen LogP contribution in [0.2, 0.25) is 5.02 Å². The van der Waals surface area contributed by atoms with Crippen LogP contribution >= 0.6 is 11.6 Å². The molecule has 4 rings (SSSR count). The maximum absolute atomic E-state index is 14.1. The molecule has 0 aromatic heterocycles. The highest BCUT2D eigenvalue weighted by Crippen LogP contribution is 2.27. The molecule has 7 nitrogen and oxygen atoms in total. The summed E-state index contributed by atoms with van der Waals surface area (Å²) < 4.78 is 28.7. The Morgan fingerprint density at radius 3 is 2.27 bits per heavy atom. The first kappa shape index (κ1) is 29.6. The third-order valence-corrected chi connectivity index (χ3v) is 9.29. The standard InChI is InChI=1S/C31H36ClN3O4S/c1-3-29(31(37)33-26-11-7-8-12-26)34(21-24-18-16-23(2)17-19-24)30(36)22-35(27-13-9-10-25(32)20-27)40(38,39)28-14-5-4-6-15-28/h4-6,9-10,13-20,26,29H,3,7-8,11-12,21-22H2,1-2H3,(H,33,37)/t29-/m1/s1. The fourth-order valence-electron chi connectivity index (χ4n) is 5.06. The molecule has 1 aliphatic rings. The van der Waals surface area contributed by atoms with Crippen molar-refractivity contribution in [3.63, 3.8) is 0 Å². The molecule has 0 heterocycles. The quantitative estimate of drug-likeness (QED) is 0.314. The second-order valence-electron chi connectivity index (χ2n) is 10.2. The van der Waals surface area contributed by atoms with Crippen LogP contribution in [0.25, 0.3) is 0 Å². The lowest BCUT2D eigenvalue weighted by Crippen LogP contribution is -2.53. The fourth-order valence-corrected chi connectivity index (χ4v) is 6.67. The van der Waals surface area contributed by atoms with Crippen LogP contribution in [0, 0.1) is 6.92 Å². The highest BCUT2D eigenvalue weighted by atomic mass is 35.5. The molecule has 0 bridgehead atoms. The summed E-state index contributed by atoms with van der Waals surface area (Å²) in [4.78, 5) is 29.2. The molecule has 1 N–H and O–H groups in total. The van der Waals surface area contributed by atoms with Gasteiger partial charge in [-0.1, -0.05) is 85.5 Å². The van der Waals surface area contributed by atoms with Crippen LogP contribution in [0.15, 0.2) is 83.8 Å². The molecule has 1 aliphatic carbocycles. The van der Waals surface area contributed by atoms with Gasteiger partial charge in [-0.15, -0.1) is 0 Å². The number of anilines is 1. The molecular weight excluding hydrogens is 546 g/mol. The first-order chi connectivity index (χ1) is 19.2. The van der Waals surface area contributed by atoms with Gasteiger partial charge in [0.2, 0.25) is 11.8 Å². The lowest BCUT2D eigenvalue weighted by Gasteiger charge is -2.33. The zero-order valence-corrected chi connectivity index (χ0v) is 24.5. The molecule has 1 saturated carbocycles. The van der Waals surface area contributed by atoms with Gasteiger partial charge in [-0.05, 0) is 62.1 Å². The smallest absolute Gasteiger partial charge is 0.264 e. The summed E-state index contributed by atoms with van der Waals surface area (Å²) in [7, 11) is -4.12. The van der Waals surface area contributed by atoms with Crippen molar-refractivity contribution in [3.8, 4) is 0 Å². The maximum Gasteiger partial charge on any atom is 0.264 e. The number of hydrogen-bond donors (Lipinski definition) is 1. The van der Waals surface area contributed by atoms with Gasteiger partial charge in [0.15, 0.2) is 0 Å². The first-order valence-corrected chi connectivity index (χ1v) is 15.5. The fraction of sp³-hybridized carbons (Fsp3) is 0.355. The second kappa shape index (κ2) is 13.3. The van der Waals surface area contributed by atoms with E-state index in [-0.39, 0.29) is 29.1 Å². The molecule has 9 heteroatoms. The van der Waals surface area contributed by atoms with E-state index < -0.39 is 28.5 Å². The Morgan fingerprint density at radius 2 is 1.65 bits per heavy atom. The maximum atomic E-state index is 14.1. The third kappa shape index (κ3) is 7.23. The van der Waals surface area contributed by atoms with Crippen LogP contribution < -0.4 is 9.62 Å². The number of carbonyl (C=O) groups is 2. The van der Waals surface area contributed by atoms with E-state index in [4.69, 9.17) is 11.6 Å². The summed E-state index contributed by atoms with van der Waals surface area (Å²) in [5.74, 6) is -0.691. The zero-order valence-electron chi connectivity index (χ0n) is 22.9. The van der Waals surface area contributed by atoms with Gasteiger partial charge in [0.05, 0.1) is 10.6 Å². The van der Waals surface area contributed by atoms with Crippen molar-refractivity contribution in [2.24, 2.45) is 0 Å². The molecule has 1 fully saturated rings. The summed E-state index contributed by atoms with van der Waals surface area (Å²) in [6.45, 7) is 3.53. The van der Waals surface area contributed by atoms with E-state index in [0.717, 1.165) is 41.1 Å². The Labute approximate surface area is 242 Å². The number of amides is 2. The second-order valence-corrected chi connectivity index (χ2v) is 12.5. The predicted octanol–water partition coefficient (Wildman–Crippen LogP) is 5.71. The van der Waals surface area contributed by atoms with Crippen LogP contribution in [0.1, 0.15) is 50.2 Å². The van der Waals surface area contributed by atoms with Gasteiger partial charge in [-0.25, -0.2) is 8.42 Å². The van der Waals surface area contributed by atoms with E-state index in [9.17, 15) is 18.0 Å². The van der Waals surface area contributed by atoms with E-state index >= 15 is 0 Å². The summed E-state index contributed by atoms with van der Waals surface area (Å²) in [5, 5.41) is 3.47. The number of benzene rings is 3. The topological polar surface area (TPSA) is 86.8 Å². The minimum Gasteiger partial charge on any atom is -0.352 e. The van der Waals surface area contributed by atoms with Gasteiger partial charge >= 0.3 is 0 Å². The van der Waals surface area contributed by atoms with Crippen molar-refractivity contribution < 1.29 is 18.0 Å². The van der Waals surface area contributed by atoms with Crippen molar-refractivity contribution in [1.29, 1.82) is 0 Å². The molecule has 212 valence electrons. The number of hydrogen-bond acceptors (Lipinski definition) is 4. The van der Waals surface area contributed by atoms with Crippen LogP contribution in [-0.2, 0) is 26.2 Å². The number of carbonyl (C=O) groups excluding carboxylic acids is 2. The summed E-state index contributed by atoms with van der Waals surface area (Å²) in [5.41, 5.74) is 2.20. The number of halogens is 1. The van der Waals surface area contributed by atoms with Crippen LogP contribution in [-0.4, -0.2) is 43.8 Å². The molecule has 3 aromatic rings. The molecule has 0 saturated heterocycles. The Kier molecular flexibility index (Phi) is 9.87. The number of aryl methyl sites for hydroxylation is 1. The average Bonchev–Trinajstić information content (AvgIpc) is 3.46. The van der Waals surface area contributed by atoms with E-state index in [0.29, 0.717) is 11.4 Å². The largest absolute Gasteiger partial charge is 0.352 e. The van der Waals surface area contributed by atoms with Crippen LogP contribution in [0.3, 0.4) is 0 Å². The monoisotopic (exact) mass is 581 g/mol. The number of nitrogens with one attached hydrogen (secondary N) is 1. The number of rotatable bonds is 11. The highest BCUT2D eigenvalue weighted by molar-refractivity contribution is 7.92. The lowest BCUT2D eigenvalue weighted by molar-refractivity contribution is -0.140. The summed E-state index contributed by atoms with van der Waals surface area (Å²) >= 11 is 6.23. The zero-order chi connectivity index (χ0) is 28.7. The van der Waals surface area contributed by atoms with Crippen molar-refractivity contribution in [3.05, 3.63) is 95.0 Å². The minimum absolute atomic E-state index is 0.0545. The van der Waals surface area contributed by atoms with E-state index in [2.05, 4.69) is 5.32 Å². The van der Waals surface area contributed by atoms with Crippen LogP contribution in [0.4, 0.5) is 5.69 Å². The van der Waals surface area contributed by atoms with E-state index in [1.807, 2.05) is 38.1 Å². The van der Waals surface area contributed by atoms with Gasteiger partial charge in [0.1, 0.15) is 12.6 Å². The van der Waals surface area contributed by atoms with Crippen molar-refractivity contribution in [1.82, 2.24) is 10.2 Å². The van der Waals surface area contributed by atoms with Gasteiger partial charge in [0.25, 0.3) is 10.0 Å². The van der Waals surface area contributed by atoms with E-state index in [1.54, 1.807) is 36.4 Å². The Bertz CT molecular complexity index is 1410. The molecule has 0 aliphatic heterocycles. The molecule has 3 aromatic carbocycles. The Morgan fingerprint density at radius 1 is 0.975 bits per heavy atom. The normalized spacial score (nSPS) is 14.5. The van der Waals surface area contributed by atoms with Crippen molar-refractivity contribution in [2.75, 3.05) is 10.8 Å². The lowest BCUT2D eigenvalue weighted by atomic mass is 10.1. The van der Waals surface area contributed by atoms with Crippen molar-refractivity contribution in [2.45, 2.75) is 69.5 Å². The number of nitrogens with zero attached hydrogens (tertiary/aromatic N) is 2. The third-order valence-electron chi connectivity index (χ3n) is 7.27. The van der Waals surface area contributed by atoms with Crippen LogP contribution in [0.5, 0.6) is 0 Å². The van der Waals surface area contributed by atoms with E-state index in [1.165, 1.54) is 23.1 Å². The Balaban J connectivity index is 1.70. The molecule has 2 amide bonds. The SMILES string of the molecule is CC[C@H](C(=O)NC1CCCC1)N(Cc1ccc(C)cc1)C(=O)CN(c1cccc(Cl)c1)S(=O)(=O)c1ccccc1. The number of sulfonamides is 1. The van der Waals surface area contributed by atoms with Gasteiger partial charge in [-0.3, -0.25) is 13.9 Å². The van der Waals surface area contributed by atoms with Gasteiger partial charge < -0.3 is 10.2 Å². The predicted molar refractivity (Wildman–Crippen MR) is 159 cm³/mol. The molecule has 0 spiro atoms. The van der Waals surface area contributed by atoms with Gasteiger partial charge in [0, 0.05) is 17.6 Å². The van der Waals surface area contributed by atoms with Gasteiger partial charge in [-0.2, -0.15) is 0 Å². The highest BCUT2D eigenvalue weighted by Gasteiger charge is 2.34. The molecule has 1 atom stereocenters. The molecule has 0 unspecified atom stereocenters. The first-order valence-electron chi connectivity index (χ1n) is 13.7. The molecule has 40 heavy (non-hydrogen) atoms. The Hall–Kier alpha value is -3.36. The molecule has 0 radical (unpaired) electrons. The minimum atomic E-state index is -4.12. The average molecular weight is 582 g/mol. The molecular formula is C31H36ClN3O4S.